The van der Waals surface area contributed by atoms with E-state index in [0.29, 0.717) is 6.04 Å². The van der Waals surface area contributed by atoms with Crippen molar-refractivity contribution in [3.63, 3.8) is 0 Å². The lowest BCUT2D eigenvalue weighted by atomic mass is 9.89. The van der Waals surface area contributed by atoms with Crippen LogP contribution in [0.3, 0.4) is 0 Å². The lowest BCUT2D eigenvalue weighted by Crippen LogP contribution is -2.50. The van der Waals surface area contributed by atoms with E-state index >= 15 is 0 Å². The van der Waals surface area contributed by atoms with Crippen molar-refractivity contribution < 1.29 is 9.47 Å². The van der Waals surface area contributed by atoms with Crippen LogP contribution in [0.2, 0.25) is 0 Å². The number of rotatable bonds is 4. The van der Waals surface area contributed by atoms with Crippen LogP contribution in [0.4, 0.5) is 0 Å². The minimum Gasteiger partial charge on any atom is -0.378 e. The molecule has 0 bridgehead atoms. The third kappa shape index (κ3) is 3.52. The summed E-state index contributed by atoms with van der Waals surface area (Å²) in [5.41, 5.74) is 0.0339. The Labute approximate surface area is 122 Å². The summed E-state index contributed by atoms with van der Waals surface area (Å²) in [6.45, 7) is 9.60. The van der Waals surface area contributed by atoms with Crippen molar-refractivity contribution >= 4 is 0 Å². The van der Waals surface area contributed by atoms with Crippen LogP contribution < -0.4 is 5.32 Å². The van der Waals surface area contributed by atoms with Gasteiger partial charge in [0.25, 0.3) is 0 Å². The number of likely N-dealkylation sites (N-methyl/N-ethyl adjacent to an activating group) is 1. The van der Waals surface area contributed by atoms with Gasteiger partial charge < -0.3 is 19.7 Å². The first kappa shape index (κ1) is 14.7. The van der Waals surface area contributed by atoms with Gasteiger partial charge in [0.05, 0.1) is 12.2 Å². The first-order valence-electron chi connectivity index (χ1n) is 8.12. The highest BCUT2D eigenvalue weighted by Crippen LogP contribution is 2.34. The Morgan fingerprint density at radius 2 is 2.15 bits per heavy atom. The molecule has 3 aliphatic heterocycles. The van der Waals surface area contributed by atoms with Gasteiger partial charge in [0.2, 0.25) is 0 Å². The Morgan fingerprint density at radius 1 is 1.30 bits per heavy atom. The standard InChI is InChI=1S/C15H29N3O2/c1-17(8-9-18-6-4-16-5-7-18)14-2-10-20-15(12-14)3-11-19-13-15/h14,16H,2-13H2,1H3. The molecule has 5 heteroatoms. The third-order valence-corrected chi connectivity index (χ3v) is 5.14. The maximum absolute atomic E-state index is 6.03. The zero-order valence-corrected chi connectivity index (χ0v) is 12.8. The number of nitrogens with zero attached hydrogens (tertiary/aromatic N) is 2. The fourth-order valence-electron chi connectivity index (χ4n) is 3.66. The van der Waals surface area contributed by atoms with Crippen LogP contribution in [-0.4, -0.2) is 87.6 Å². The van der Waals surface area contributed by atoms with Crippen molar-refractivity contribution in [3.8, 4) is 0 Å². The molecule has 0 radical (unpaired) electrons. The first-order chi connectivity index (χ1) is 9.77. The van der Waals surface area contributed by atoms with Crippen molar-refractivity contribution in [2.45, 2.75) is 30.9 Å². The summed E-state index contributed by atoms with van der Waals surface area (Å²) in [4.78, 5) is 5.12. The number of nitrogens with one attached hydrogen (secondary N) is 1. The zero-order valence-electron chi connectivity index (χ0n) is 12.8. The van der Waals surface area contributed by atoms with Crippen LogP contribution in [-0.2, 0) is 9.47 Å². The van der Waals surface area contributed by atoms with Crippen LogP contribution in [0.25, 0.3) is 0 Å². The smallest absolute Gasteiger partial charge is 0.0951 e. The summed E-state index contributed by atoms with van der Waals surface area (Å²) in [6, 6.07) is 0.661. The second kappa shape index (κ2) is 6.71. The highest BCUT2D eigenvalue weighted by Gasteiger charge is 2.41. The maximum atomic E-state index is 6.03. The Bertz CT molecular complexity index is 301. The summed E-state index contributed by atoms with van der Waals surface area (Å²) >= 11 is 0. The Morgan fingerprint density at radius 3 is 2.90 bits per heavy atom. The fourth-order valence-corrected chi connectivity index (χ4v) is 3.66. The van der Waals surface area contributed by atoms with Crippen LogP contribution in [0.1, 0.15) is 19.3 Å². The van der Waals surface area contributed by atoms with E-state index in [4.69, 9.17) is 9.47 Å². The molecule has 0 aliphatic carbocycles. The van der Waals surface area contributed by atoms with Crippen molar-refractivity contribution in [2.75, 3.05) is 66.1 Å². The molecule has 5 nitrogen and oxygen atoms in total. The Kier molecular flexibility index (Phi) is 4.94. The summed E-state index contributed by atoms with van der Waals surface area (Å²) in [5, 5.41) is 3.41. The predicted molar refractivity (Wildman–Crippen MR) is 79.1 cm³/mol. The van der Waals surface area contributed by atoms with E-state index in [1.54, 1.807) is 0 Å². The normalized spacial score (nSPS) is 36.0. The van der Waals surface area contributed by atoms with E-state index in [1.165, 1.54) is 32.6 Å². The van der Waals surface area contributed by atoms with Gasteiger partial charge in [-0.1, -0.05) is 0 Å². The van der Waals surface area contributed by atoms with Gasteiger partial charge >= 0.3 is 0 Å². The molecule has 0 saturated carbocycles. The molecule has 3 saturated heterocycles. The van der Waals surface area contributed by atoms with Gasteiger partial charge in [-0.2, -0.15) is 0 Å². The second-order valence-corrected chi connectivity index (χ2v) is 6.55. The van der Waals surface area contributed by atoms with Gasteiger partial charge in [-0.25, -0.2) is 0 Å². The molecule has 0 aromatic carbocycles. The van der Waals surface area contributed by atoms with Gasteiger partial charge in [0.15, 0.2) is 0 Å². The van der Waals surface area contributed by atoms with E-state index in [1.807, 2.05) is 0 Å². The lowest BCUT2D eigenvalue weighted by molar-refractivity contribution is -0.104. The number of hydrogen-bond donors (Lipinski definition) is 1. The summed E-state index contributed by atoms with van der Waals surface area (Å²) in [6.07, 6.45) is 3.39. The van der Waals surface area contributed by atoms with Crippen molar-refractivity contribution in [3.05, 3.63) is 0 Å². The lowest BCUT2D eigenvalue weighted by Gasteiger charge is -2.41. The average molecular weight is 283 g/mol. The molecule has 2 unspecified atom stereocenters. The molecular weight excluding hydrogens is 254 g/mol. The molecule has 1 N–H and O–H groups in total. The SMILES string of the molecule is CN(CCN1CCNCC1)C1CCOC2(CCOC2)C1. The minimum absolute atomic E-state index is 0.0339. The van der Waals surface area contributed by atoms with Gasteiger partial charge in [-0.05, 0) is 19.9 Å². The summed E-state index contributed by atoms with van der Waals surface area (Å²) in [5.74, 6) is 0. The molecule has 0 amide bonds. The summed E-state index contributed by atoms with van der Waals surface area (Å²) < 4.78 is 11.6. The molecule has 116 valence electrons. The van der Waals surface area contributed by atoms with Gasteiger partial charge in [-0.3, -0.25) is 4.90 Å². The van der Waals surface area contributed by atoms with Crippen LogP contribution in [0, 0.1) is 0 Å². The molecule has 3 rings (SSSR count). The molecule has 2 atom stereocenters. The van der Waals surface area contributed by atoms with Crippen LogP contribution >= 0.6 is 0 Å². The molecular formula is C15H29N3O2. The first-order valence-corrected chi connectivity index (χ1v) is 8.12. The van der Waals surface area contributed by atoms with Crippen molar-refractivity contribution in [1.82, 2.24) is 15.1 Å². The Balaban J connectivity index is 1.45. The van der Waals surface area contributed by atoms with E-state index in [9.17, 15) is 0 Å². The maximum Gasteiger partial charge on any atom is 0.0951 e. The third-order valence-electron chi connectivity index (χ3n) is 5.14. The second-order valence-electron chi connectivity index (χ2n) is 6.55. The van der Waals surface area contributed by atoms with E-state index in [-0.39, 0.29) is 5.60 Å². The minimum atomic E-state index is 0.0339. The van der Waals surface area contributed by atoms with E-state index in [0.717, 1.165) is 45.8 Å². The topological polar surface area (TPSA) is 37.0 Å². The number of piperazine rings is 1. The highest BCUT2D eigenvalue weighted by atomic mass is 16.6. The van der Waals surface area contributed by atoms with Crippen molar-refractivity contribution in [2.24, 2.45) is 0 Å². The zero-order chi connectivity index (χ0) is 13.8. The number of ether oxygens (including phenoxy) is 2. The largest absolute Gasteiger partial charge is 0.378 e. The fraction of sp³-hybridized carbons (Fsp3) is 1.00. The van der Waals surface area contributed by atoms with Gasteiger partial charge in [-0.15, -0.1) is 0 Å². The Hall–Kier alpha value is -0.200. The predicted octanol–water partition coefficient (Wildman–Crippen LogP) is 0.162. The molecule has 0 aromatic heterocycles. The van der Waals surface area contributed by atoms with Gasteiger partial charge in [0, 0.05) is 64.9 Å². The molecule has 3 heterocycles. The van der Waals surface area contributed by atoms with Crippen LogP contribution in [0.15, 0.2) is 0 Å². The van der Waals surface area contributed by atoms with E-state index in [2.05, 4.69) is 22.2 Å². The quantitative estimate of drug-likeness (QED) is 0.795. The van der Waals surface area contributed by atoms with Crippen LogP contribution in [0.5, 0.6) is 0 Å². The molecule has 3 fully saturated rings. The molecule has 20 heavy (non-hydrogen) atoms. The van der Waals surface area contributed by atoms with Gasteiger partial charge in [0.1, 0.15) is 0 Å². The average Bonchev–Trinajstić information content (AvgIpc) is 2.93. The van der Waals surface area contributed by atoms with Crippen molar-refractivity contribution in [1.29, 1.82) is 0 Å². The molecule has 3 aliphatic rings. The monoisotopic (exact) mass is 283 g/mol. The summed E-state index contributed by atoms with van der Waals surface area (Å²) in [7, 11) is 2.28. The number of hydrogen-bond acceptors (Lipinski definition) is 5. The molecule has 0 aromatic rings. The molecule has 1 spiro atoms. The van der Waals surface area contributed by atoms with E-state index < -0.39 is 0 Å². The highest BCUT2D eigenvalue weighted by molar-refractivity contribution is 4.93.